The second kappa shape index (κ2) is 8.07. The summed E-state index contributed by atoms with van der Waals surface area (Å²) in [4.78, 5) is 23.1. The Hall–Kier alpha value is -2.33. The maximum absolute atomic E-state index is 11.7. The Morgan fingerprint density at radius 1 is 1.48 bits per heavy atom. The van der Waals surface area contributed by atoms with E-state index in [0.717, 1.165) is 0 Å². The molecule has 1 aromatic carbocycles. The lowest BCUT2D eigenvalue weighted by Gasteiger charge is -2.08. The summed E-state index contributed by atoms with van der Waals surface area (Å²) in [5.41, 5.74) is 0.474. The summed E-state index contributed by atoms with van der Waals surface area (Å²) in [5.74, 6) is -1.27. The van der Waals surface area contributed by atoms with Gasteiger partial charge in [0.1, 0.15) is 6.07 Å². The molecule has 110 valence electrons. The first-order valence-corrected chi connectivity index (χ1v) is 6.74. The van der Waals surface area contributed by atoms with Gasteiger partial charge in [0.05, 0.1) is 25.0 Å². The third kappa shape index (κ3) is 4.61. The number of benzene rings is 1. The van der Waals surface area contributed by atoms with E-state index >= 15 is 0 Å². The van der Waals surface area contributed by atoms with Gasteiger partial charge in [-0.2, -0.15) is 5.26 Å². The fourth-order valence-corrected chi connectivity index (χ4v) is 1.78. The molecule has 0 bridgehead atoms. The van der Waals surface area contributed by atoms with Crippen molar-refractivity contribution in [3.8, 4) is 6.07 Å². The molecule has 6 nitrogen and oxygen atoms in total. The molecule has 0 unspecified atom stereocenters. The first-order valence-electron chi connectivity index (χ1n) is 5.95. The third-order valence-electron chi connectivity index (χ3n) is 2.37. The first-order chi connectivity index (χ1) is 10.0. The number of hydrogen-bond acceptors (Lipinski definition) is 6. The van der Waals surface area contributed by atoms with Gasteiger partial charge in [-0.05, 0) is 25.1 Å². The zero-order valence-corrected chi connectivity index (χ0v) is 13.1. The van der Waals surface area contributed by atoms with Gasteiger partial charge < -0.3 is 14.8 Å². The number of nitriles is 1. The van der Waals surface area contributed by atoms with E-state index in [-0.39, 0.29) is 17.7 Å². The molecule has 0 aliphatic heterocycles. The minimum Gasteiger partial charge on any atom is -0.465 e. The van der Waals surface area contributed by atoms with Gasteiger partial charge in [0.15, 0.2) is 5.57 Å². The Kier molecular flexibility index (Phi) is 6.43. The molecule has 0 amide bonds. The van der Waals surface area contributed by atoms with E-state index < -0.39 is 11.9 Å². The summed E-state index contributed by atoms with van der Waals surface area (Å²) >= 11 is 3.25. The van der Waals surface area contributed by atoms with Crippen molar-refractivity contribution < 1.29 is 19.1 Å². The average Bonchev–Trinajstić information content (AvgIpc) is 2.48. The van der Waals surface area contributed by atoms with Gasteiger partial charge in [-0.15, -0.1) is 0 Å². The molecule has 0 aliphatic carbocycles. The Labute approximate surface area is 130 Å². The van der Waals surface area contributed by atoms with Gasteiger partial charge >= 0.3 is 11.9 Å². The van der Waals surface area contributed by atoms with E-state index in [0.29, 0.717) is 10.2 Å². The maximum Gasteiger partial charge on any atom is 0.350 e. The quantitative estimate of drug-likeness (QED) is 0.497. The molecule has 0 saturated carbocycles. The summed E-state index contributed by atoms with van der Waals surface area (Å²) in [6, 6.07) is 6.62. The van der Waals surface area contributed by atoms with Gasteiger partial charge in [-0.3, -0.25) is 0 Å². The lowest BCUT2D eigenvalue weighted by Crippen LogP contribution is -2.09. The van der Waals surface area contributed by atoms with Gasteiger partial charge in [-0.25, -0.2) is 9.59 Å². The van der Waals surface area contributed by atoms with E-state index in [9.17, 15) is 9.59 Å². The van der Waals surface area contributed by atoms with Crippen molar-refractivity contribution in [2.45, 2.75) is 6.92 Å². The zero-order chi connectivity index (χ0) is 15.8. The second-order valence-corrected chi connectivity index (χ2v) is 4.63. The predicted octanol–water partition coefficient (Wildman–Crippen LogP) is 2.62. The number of nitrogens with one attached hydrogen (secondary N) is 1. The van der Waals surface area contributed by atoms with Crippen molar-refractivity contribution in [2.24, 2.45) is 0 Å². The fraction of sp³-hybridized carbons (Fsp3) is 0.214. The number of rotatable bonds is 5. The Balaban J connectivity index is 3.05. The van der Waals surface area contributed by atoms with E-state index in [1.807, 2.05) is 0 Å². The Morgan fingerprint density at radius 2 is 2.19 bits per heavy atom. The van der Waals surface area contributed by atoms with Crippen LogP contribution < -0.4 is 5.32 Å². The molecule has 1 aromatic rings. The minimum absolute atomic E-state index is 0.170. The van der Waals surface area contributed by atoms with Gasteiger partial charge in [0.2, 0.25) is 0 Å². The van der Waals surface area contributed by atoms with Crippen LogP contribution in [0.4, 0.5) is 5.69 Å². The molecular formula is C14H13BrN2O4. The number of halogens is 1. The van der Waals surface area contributed by atoms with E-state index in [1.54, 1.807) is 31.2 Å². The summed E-state index contributed by atoms with van der Waals surface area (Å²) in [5, 5.41) is 11.7. The molecule has 0 aromatic heterocycles. The average molecular weight is 353 g/mol. The van der Waals surface area contributed by atoms with Crippen molar-refractivity contribution in [3.63, 3.8) is 0 Å². The topological polar surface area (TPSA) is 88.4 Å². The van der Waals surface area contributed by atoms with Crippen molar-refractivity contribution >= 4 is 33.6 Å². The number of anilines is 1. The fourth-order valence-electron chi connectivity index (χ4n) is 1.42. The van der Waals surface area contributed by atoms with E-state index in [4.69, 9.17) is 10.00 Å². The molecular weight excluding hydrogens is 340 g/mol. The second-order valence-electron chi connectivity index (χ2n) is 3.72. The van der Waals surface area contributed by atoms with Gasteiger partial charge in [0, 0.05) is 10.7 Å². The summed E-state index contributed by atoms with van der Waals surface area (Å²) < 4.78 is 10.1. The SMILES string of the molecule is CCOC(=O)/C(C#N)=C/Nc1ccc(Br)cc1C(=O)OC. The Bertz CT molecular complexity index is 620. The highest BCUT2D eigenvalue weighted by Crippen LogP contribution is 2.22. The molecule has 1 N–H and O–H groups in total. The maximum atomic E-state index is 11.7. The standard InChI is InChI=1S/C14H13BrN2O4/c1-3-21-13(18)9(7-16)8-17-12-5-4-10(15)6-11(12)14(19)20-2/h4-6,8,17H,3H2,1-2H3/b9-8+. The van der Waals surface area contributed by atoms with Crippen LogP contribution >= 0.6 is 15.9 Å². The number of hydrogen-bond donors (Lipinski definition) is 1. The molecule has 0 saturated heterocycles. The zero-order valence-electron chi connectivity index (χ0n) is 11.5. The largest absolute Gasteiger partial charge is 0.465 e. The van der Waals surface area contributed by atoms with Gasteiger partial charge in [0.25, 0.3) is 0 Å². The highest BCUT2D eigenvalue weighted by Gasteiger charge is 2.13. The van der Waals surface area contributed by atoms with Crippen LogP contribution in [0.2, 0.25) is 0 Å². The van der Waals surface area contributed by atoms with Crippen LogP contribution in [0.5, 0.6) is 0 Å². The molecule has 0 fully saturated rings. The molecule has 21 heavy (non-hydrogen) atoms. The highest BCUT2D eigenvalue weighted by molar-refractivity contribution is 9.10. The number of carbonyl (C=O) groups is 2. The molecule has 0 radical (unpaired) electrons. The lowest BCUT2D eigenvalue weighted by molar-refractivity contribution is -0.138. The number of nitrogens with zero attached hydrogens (tertiary/aromatic N) is 1. The molecule has 7 heteroatoms. The van der Waals surface area contributed by atoms with Crippen molar-refractivity contribution in [2.75, 3.05) is 19.0 Å². The van der Waals surface area contributed by atoms with Crippen molar-refractivity contribution in [3.05, 3.63) is 40.0 Å². The third-order valence-corrected chi connectivity index (χ3v) is 2.87. The first kappa shape index (κ1) is 16.7. The molecule has 1 rings (SSSR count). The van der Waals surface area contributed by atoms with Crippen LogP contribution in [0.3, 0.4) is 0 Å². The summed E-state index contributed by atoms with van der Waals surface area (Å²) in [6.45, 7) is 1.81. The highest BCUT2D eigenvalue weighted by atomic mass is 79.9. The van der Waals surface area contributed by atoms with Crippen molar-refractivity contribution in [1.29, 1.82) is 5.26 Å². The number of carbonyl (C=O) groups excluding carboxylic acids is 2. The lowest BCUT2D eigenvalue weighted by atomic mass is 10.2. The normalized spacial score (nSPS) is 10.5. The van der Waals surface area contributed by atoms with Crippen LogP contribution in [0, 0.1) is 11.3 Å². The molecule has 0 spiro atoms. The van der Waals surface area contributed by atoms with Crippen molar-refractivity contribution in [1.82, 2.24) is 0 Å². The Morgan fingerprint density at radius 3 is 2.76 bits per heavy atom. The van der Waals surface area contributed by atoms with Crippen LogP contribution in [-0.2, 0) is 14.3 Å². The van der Waals surface area contributed by atoms with Crippen LogP contribution in [-0.4, -0.2) is 25.7 Å². The predicted molar refractivity (Wildman–Crippen MR) is 79.4 cm³/mol. The smallest absolute Gasteiger partial charge is 0.350 e. The molecule has 0 heterocycles. The molecule has 0 aliphatic rings. The summed E-state index contributed by atoms with van der Waals surface area (Å²) in [6.07, 6.45) is 1.19. The van der Waals surface area contributed by atoms with Crippen LogP contribution in [0.15, 0.2) is 34.4 Å². The summed E-state index contributed by atoms with van der Waals surface area (Å²) in [7, 11) is 1.27. The van der Waals surface area contributed by atoms with E-state index in [2.05, 4.69) is 26.0 Å². The number of ether oxygens (including phenoxy) is 2. The minimum atomic E-state index is -0.732. The molecule has 0 atom stereocenters. The van der Waals surface area contributed by atoms with Crippen LogP contribution in [0.1, 0.15) is 17.3 Å². The van der Waals surface area contributed by atoms with Crippen LogP contribution in [0.25, 0.3) is 0 Å². The number of methoxy groups -OCH3 is 1. The number of esters is 2. The van der Waals surface area contributed by atoms with Gasteiger partial charge in [-0.1, -0.05) is 15.9 Å². The monoisotopic (exact) mass is 352 g/mol. The van der Waals surface area contributed by atoms with E-state index in [1.165, 1.54) is 13.3 Å².